The van der Waals surface area contributed by atoms with Crippen LogP contribution in [0.5, 0.6) is 0 Å². The second kappa shape index (κ2) is 6.35. The Morgan fingerprint density at radius 3 is 2.96 bits per heavy atom. The molecule has 0 N–H and O–H groups in total. The van der Waals surface area contributed by atoms with E-state index < -0.39 is 5.41 Å². The second-order valence-corrected chi connectivity index (χ2v) is 6.96. The highest BCUT2D eigenvalue weighted by Gasteiger charge is 2.49. The number of carbonyl (C=O) groups excluding carboxylic acids is 2. The van der Waals surface area contributed by atoms with E-state index in [4.69, 9.17) is 4.42 Å². The number of hydrogen-bond donors (Lipinski definition) is 0. The van der Waals surface area contributed by atoms with Crippen molar-refractivity contribution < 1.29 is 14.0 Å². The third-order valence-electron chi connectivity index (χ3n) is 5.33. The van der Waals surface area contributed by atoms with Gasteiger partial charge in [-0.05, 0) is 37.0 Å². The molecule has 0 aliphatic carbocycles. The fourth-order valence-electron chi connectivity index (χ4n) is 4.01. The number of piperidine rings is 1. The third-order valence-corrected chi connectivity index (χ3v) is 5.33. The molecule has 6 nitrogen and oxygen atoms in total. The molecular formula is C19H21N3O3. The number of furan rings is 1. The smallest absolute Gasteiger partial charge is 0.257 e. The van der Waals surface area contributed by atoms with Crippen molar-refractivity contribution in [2.75, 3.05) is 19.6 Å². The van der Waals surface area contributed by atoms with Crippen molar-refractivity contribution in [3.8, 4) is 0 Å². The summed E-state index contributed by atoms with van der Waals surface area (Å²) < 4.78 is 5.02. The van der Waals surface area contributed by atoms with Crippen molar-refractivity contribution in [2.24, 2.45) is 5.41 Å². The molecule has 2 amide bonds. The normalized spacial score (nSPS) is 23.4. The molecule has 1 spiro atoms. The summed E-state index contributed by atoms with van der Waals surface area (Å²) >= 11 is 0. The molecule has 4 rings (SSSR count). The van der Waals surface area contributed by atoms with Crippen LogP contribution in [-0.2, 0) is 11.3 Å². The molecular weight excluding hydrogens is 318 g/mol. The largest absolute Gasteiger partial charge is 0.472 e. The summed E-state index contributed by atoms with van der Waals surface area (Å²) in [6.07, 6.45) is 9.02. The van der Waals surface area contributed by atoms with Gasteiger partial charge in [-0.15, -0.1) is 0 Å². The lowest BCUT2D eigenvalue weighted by atomic mass is 9.78. The Labute approximate surface area is 146 Å². The molecule has 0 saturated carbocycles. The van der Waals surface area contributed by atoms with Crippen LogP contribution in [0.1, 0.15) is 35.2 Å². The van der Waals surface area contributed by atoms with Crippen LogP contribution in [0, 0.1) is 5.41 Å². The number of likely N-dealkylation sites (tertiary alicyclic amines) is 2. The lowest BCUT2D eigenvalue weighted by molar-refractivity contribution is -0.138. The molecule has 2 fully saturated rings. The number of rotatable bonds is 3. The number of aromatic nitrogens is 1. The van der Waals surface area contributed by atoms with E-state index in [9.17, 15) is 9.59 Å². The lowest BCUT2D eigenvalue weighted by Gasteiger charge is -2.39. The summed E-state index contributed by atoms with van der Waals surface area (Å²) in [6, 6.07) is 5.55. The van der Waals surface area contributed by atoms with Crippen molar-refractivity contribution >= 4 is 11.8 Å². The minimum Gasteiger partial charge on any atom is -0.472 e. The fraction of sp³-hybridized carbons (Fsp3) is 0.421. The van der Waals surface area contributed by atoms with Gasteiger partial charge in [-0.2, -0.15) is 0 Å². The molecule has 2 aromatic rings. The Morgan fingerprint density at radius 2 is 2.20 bits per heavy atom. The molecule has 25 heavy (non-hydrogen) atoms. The van der Waals surface area contributed by atoms with Gasteiger partial charge >= 0.3 is 0 Å². The van der Waals surface area contributed by atoms with Gasteiger partial charge in [0.25, 0.3) is 5.91 Å². The molecule has 2 aromatic heterocycles. The minimum absolute atomic E-state index is 0.0497. The first kappa shape index (κ1) is 15.9. The molecule has 6 heteroatoms. The van der Waals surface area contributed by atoms with E-state index in [0.717, 1.165) is 31.4 Å². The van der Waals surface area contributed by atoms with E-state index in [-0.39, 0.29) is 11.8 Å². The van der Waals surface area contributed by atoms with Crippen molar-refractivity contribution in [3.63, 3.8) is 0 Å². The van der Waals surface area contributed by atoms with Gasteiger partial charge in [0.1, 0.15) is 6.26 Å². The van der Waals surface area contributed by atoms with Crippen molar-refractivity contribution in [1.29, 1.82) is 0 Å². The minimum atomic E-state index is -0.431. The zero-order valence-electron chi connectivity index (χ0n) is 14.1. The molecule has 2 aliphatic rings. The maximum Gasteiger partial charge on any atom is 0.257 e. The van der Waals surface area contributed by atoms with Gasteiger partial charge in [-0.1, -0.05) is 6.07 Å². The van der Waals surface area contributed by atoms with E-state index in [1.165, 1.54) is 12.5 Å². The molecule has 0 radical (unpaired) electrons. The first-order valence-electron chi connectivity index (χ1n) is 8.68. The Bertz CT molecular complexity index is 759. The van der Waals surface area contributed by atoms with Crippen molar-refractivity contribution in [1.82, 2.24) is 14.8 Å². The Hall–Kier alpha value is -2.63. The number of hydrogen-bond acceptors (Lipinski definition) is 4. The molecule has 0 bridgehead atoms. The first-order valence-corrected chi connectivity index (χ1v) is 8.68. The maximum absolute atomic E-state index is 13.1. The van der Waals surface area contributed by atoms with Gasteiger partial charge in [-0.25, -0.2) is 0 Å². The first-order chi connectivity index (χ1) is 12.2. The molecule has 0 unspecified atom stereocenters. The standard InChI is InChI=1S/C19H21N3O3/c23-17(16-4-10-25-13-16)22-8-2-5-19(14-22)6-9-21(18(19)24)12-15-3-1-7-20-11-15/h1,3-4,7,10-11,13H,2,5-6,8-9,12,14H2/t19-/m1/s1. The van der Waals surface area contributed by atoms with Gasteiger partial charge < -0.3 is 14.2 Å². The molecule has 2 aliphatic heterocycles. The van der Waals surface area contributed by atoms with E-state index in [0.29, 0.717) is 25.2 Å². The topological polar surface area (TPSA) is 66.7 Å². The number of carbonyl (C=O) groups is 2. The SMILES string of the molecule is O=C(c1ccoc1)N1CCC[C@@]2(CCN(Cc3cccnc3)C2=O)C1. The highest BCUT2D eigenvalue weighted by atomic mass is 16.3. The zero-order valence-corrected chi connectivity index (χ0v) is 14.1. The van der Waals surface area contributed by atoms with Gasteiger partial charge in [0.15, 0.2) is 0 Å². The van der Waals surface area contributed by atoms with E-state index in [2.05, 4.69) is 4.98 Å². The van der Waals surface area contributed by atoms with Gasteiger partial charge in [0.2, 0.25) is 5.91 Å². The predicted octanol–water partition coefficient (Wildman–Crippen LogP) is 2.33. The van der Waals surface area contributed by atoms with Gasteiger partial charge in [0.05, 0.1) is 17.2 Å². The summed E-state index contributed by atoms with van der Waals surface area (Å²) in [4.78, 5) is 33.5. The number of pyridine rings is 1. The molecule has 130 valence electrons. The Kier molecular flexibility index (Phi) is 4.03. The van der Waals surface area contributed by atoms with Crippen LogP contribution in [-0.4, -0.2) is 46.2 Å². The van der Waals surface area contributed by atoms with Crippen LogP contribution < -0.4 is 0 Å². The van der Waals surface area contributed by atoms with Crippen LogP contribution in [0.25, 0.3) is 0 Å². The van der Waals surface area contributed by atoms with Crippen LogP contribution in [0.4, 0.5) is 0 Å². The van der Waals surface area contributed by atoms with E-state index in [1.807, 2.05) is 17.0 Å². The van der Waals surface area contributed by atoms with Crippen LogP contribution in [0.3, 0.4) is 0 Å². The lowest BCUT2D eigenvalue weighted by Crippen LogP contribution is -2.49. The van der Waals surface area contributed by atoms with Gasteiger partial charge in [-0.3, -0.25) is 14.6 Å². The average Bonchev–Trinajstić information content (AvgIpc) is 3.28. The third kappa shape index (κ3) is 2.92. The van der Waals surface area contributed by atoms with Crippen LogP contribution >= 0.6 is 0 Å². The quantitative estimate of drug-likeness (QED) is 0.861. The van der Waals surface area contributed by atoms with Crippen molar-refractivity contribution in [3.05, 3.63) is 54.2 Å². The molecule has 0 aromatic carbocycles. The van der Waals surface area contributed by atoms with Crippen molar-refractivity contribution in [2.45, 2.75) is 25.8 Å². The second-order valence-electron chi connectivity index (χ2n) is 6.96. The molecule has 2 saturated heterocycles. The van der Waals surface area contributed by atoms with Crippen LogP contribution in [0.15, 0.2) is 47.5 Å². The monoisotopic (exact) mass is 339 g/mol. The fourth-order valence-corrected chi connectivity index (χ4v) is 4.01. The zero-order chi connectivity index (χ0) is 17.3. The molecule has 1 atom stereocenters. The average molecular weight is 339 g/mol. The van der Waals surface area contributed by atoms with Crippen LogP contribution in [0.2, 0.25) is 0 Å². The summed E-state index contributed by atoms with van der Waals surface area (Å²) in [5, 5.41) is 0. The Balaban J connectivity index is 1.48. The highest BCUT2D eigenvalue weighted by molar-refractivity contribution is 5.95. The summed E-state index contributed by atoms with van der Waals surface area (Å²) in [7, 11) is 0. The predicted molar refractivity (Wildman–Crippen MR) is 90.5 cm³/mol. The summed E-state index contributed by atoms with van der Waals surface area (Å²) in [5.74, 6) is 0.118. The highest BCUT2D eigenvalue weighted by Crippen LogP contribution is 2.41. The summed E-state index contributed by atoms with van der Waals surface area (Å²) in [5.41, 5.74) is 1.16. The van der Waals surface area contributed by atoms with Gasteiger partial charge in [0, 0.05) is 38.6 Å². The van der Waals surface area contributed by atoms with E-state index >= 15 is 0 Å². The Morgan fingerprint density at radius 1 is 1.28 bits per heavy atom. The number of nitrogens with zero attached hydrogens (tertiary/aromatic N) is 3. The van der Waals surface area contributed by atoms with E-state index in [1.54, 1.807) is 23.4 Å². The maximum atomic E-state index is 13.1. The molecule has 4 heterocycles. The summed E-state index contributed by atoms with van der Waals surface area (Å²) in [6.45, 7) is 2.52. The number of amides is 2.